The zero-order valence-electron chi connectivity index (χ0n) is 10.6. The van der Waals surface area contributed by atoms with E-state index >= 15 is 0 Å². The summed E-state index contributed by atoms with van der Waals surface area (Å²) >= 11 is 1.31. The Morgan fingerprint density at radius 1 is 1.29 bits per heavy atom. The van der Waals surface area contributed by atoms with Crippen molar-refractivity contribution in [3.05, 3.63) is 40.3 Å². The highest BCUT2D eigenvalue weighted by molar-refractivity contribution is 7.12. The van der Waals surface area contributed by atoms with E-state index < -0.39 is 11.9 Å². The van der Waals surface area contributed by atoms with E-state index in [1.165, 1.54) is 11.3 Å². The van der Waals surface area contributed by atoms with Crippen LogP contribution < -0.4 is 10.6 Å². The molecule has 0 aliphatic rings. The number of hydrogen-bond acceptors (Lipinski definition) is 5. The molecule has 0 aromatic carbocycles. The number of hydrogen-bond donors (Lipinski definition) is 2. The van der Waals surface area contributed by atoms with Gasteiger partial charge in [0.2, 0.25) is 5.95 Å². The van der Waals surface area contributed by atoms with Crippen molar-refractivity contribution in [2.24, 2.45) is 0 Å². The van der Waals surface area contributed by atoms with Crippen LogP contribution in [0, 0.1) is 0 Å². The number of thiophene rings is 1. The lowest BCUT2D eigenvalue weighted by Crippen LogP contribution is -2.28. The van der Waals surface area contributed by atoms with Crippen LogP contribution in [-0.2, 0) is 6.18 Å². The van der Waals surface area contributed by atoms with Crippen LogP contribution in [0.15, 0.2) is 29.8 Å². The molecule has 112 valence electrons. The van der Waals surface area contributed by atoms with Gasteiger partial charge >= 0.3 is 6.18 Å². The smallest absolute Gasteiger partial charge is 0.352 e. The molecule has 0 unspecified atom stereocenters. The van der Waals surface area contributed by atoms with E-state index in [9.17, 15) is 18.0 Å². The molecule has 9 heteroatoms. The van der Waals surface area contributed by atoms with Crippen LogP contribution >= 0.6 is 11.3 Å². The van der Waals surface area contributed by atoms with Crippen molar-refractivity contribution in [3.63, 3.8) is 0 Å². The summed E-state index contributed by atoms with van der Waals surface area (Å²) in [5.41, 5.74) is -1.01. The van der Waals surface area contributed by atoms with Crippen LogP contribution in [0.3, 0.4) is 0 Å². The zero-order valence-corrected chi connectivity index (χ0v) is 11.5. The molecule has 0 atom stereocenters. The summed E-state index contributed by atoms with van der Waals surface area (Å²) < 4.78 is 37.3. The van der Waals surface area contributed by atoms with Crippen LogP contribution in [-0.4, -0.2) is 29.0 Å². The molecule has 0 saturated heterocycles. The highest BCUT2D eigenvalue weighted by atomic mass is 32.1. The first-order chi connectivity index (χ1) is 9.97. The number of aromatic nitrogens is 2. The van der Waals surface area contributed by atoms with E-state index in [0.717, 1.165) is 12.3 Å². The normalized spacial score (nSPS) is 11.2. The zero-order chi connectivity index (χ0) is 15.3. The Morgan fingerprint density at radius 2 is 2.10 bits per heavy atom. The Bertz CT molecular complexity index is 601. The monoisotopic (exact) mass is 316 g/mol. The van der Waals surface area contributed by atoms with E-state index in [2.05, 4.69) is 20.6 Å². The summed E-state index contributed by atoms with van der Waals surface area (Å²) in [6.07, 6.45) is -3.48. The average molecular weight is 316 g/mol. The molecule has 2 N–H and O–H groups in total. The number of carbonyl (C=O) groups is 1. The Kier molecular flexibility index (Phi) is 4.73. The Hall–Kier alpha value is -2.16. The van der Waals surface area contributed by atoms with Gasteiger partial charge in [0.15, 0.2) is 0 Å². The molecule has 0 bridgehead atoms. The van der Waals surface area contributed by atoms with E-state index in [1.54, 1.807) is 17.5 Å². The van der Waals surface area contributed by atoms with Gasteiger partial charge in [-0.3, -0.25) is 4.79 Å². The van der Waals surface area contributed by atoms with Crippen LogP contribution in [0.25, 0.3) is 0 Å². The molecule has 2 rings (SSSR count). The minimum absolute atomic E-state index is 0.129. The van der Waals surface area contributed by atoms with E-state index in [4.69, 9.17) is 0 Å². The molecule has 1 amide bonds. The Labute approximate surface area is 122 Å². The quantitative estimate of drug-likeness (QED) is 0.831. The fourth-order valence-corrected chi connectivity index (χ4v) is 2.09. The van der Waals surface area contributed by atoms with Crippen LogP contribution in [0.1, 0.15) is 15.4 Å². The number of alkyl halides is 3. The van der Waals surface area contributed by atoms with E-state index in [1.807, 2.05) is 0 Å². The van der Waals surface area contributed by atoms with Gasteiger partial charge in [0.1, 0.15) is 5.69 Å². The standard InChI is InChI=1S/C12H11F3N4OS/c13-12(14,15)9-3-4-17-11(19-9)18-6-5-16-10(20)8-2-1-7-21-8/h1-4,7H,5-6H2,(H,16,20)(H,17,18,19). The van der Waals surface area contributed by atoms with Crippen molar-refractivity contribution >= 4 is 23.2 Å². The largest absolute Gasteiger partial charge is 0.433 e. The molecule has 2 aromatic heterocycles. The maximum atomic E-state index is 12.4. The molecule has 0 aliphatic carbocycles. The number of carbonyl (C=O) groups excluding carboxylic acids is 1. The van der Waals surface area contributed by atoms with Gasteiger partial charge in [0, 0.05) is 19.3 Å². The third-order valence-electron chi connectivity index (χ3n) is 2.38. The maximum absolute atomic E-state index is 12.4. The second kappa shape index (κ2) is 6.53. The predicted molar refractivity (Wildman–Crippen MR) is 72.2 cm³/mol. The molecule has 2 aromatic rings. The van der Waals surface area contributed by atoms with Gasteiger partial charge in [-0.2, -0.15) is 13.2 Å². The van der Waals surface area contributed by atoms with Gasteiger partial charge in [0.05, 0.1) is 4.88 Å². The minimum Gasteiger partial charge on any atom is -0.352 e. The minimum atomic E-state index is -4.51. The lowest BCUT2D eigenvalue weighted by molar-refractivity contribution is -0.141. The lowest BCUT2D eigenvalue weighted by atomic mass is 10.4. The third kappa shape index (κ3) is 4.42. The van der Waals surface area contributed by atoms with Gasteiger partial charge in [-0.15, -0.1) is 11.3 Å². The summed E-state index contributed by atoms with van der Waals surface area (Å²) in [5, 5.41) is 7.04. The number of nitrogens with zero attached hydrogens (tertiary/aromatic N) is 2. The maximum Gasteiger partial charge on any atom is 0.433 e. The van der Waals surface area contributed by atoms with Crippen molar-refractivity contribution in [2.45, 2.75) is 6.18 Å². The summed E-state index contributed by atoms with van der Waals surface area (Å²) in [6, 6.07) is 4.24. The Morgan fingerprint density at radius 3 is 2.76 bits per heavy atom. The van der Waals surface area contributed by atoms with Gasteiger partial charge in [0.25, 0.3) is 5.91 Å². The van der Waals surface area contributed by atoms with Gasteiger partial charge in [-0.25, -0.2) is 9.97 Å². The first kappa shape index (κ1) is 15.2. The predicted octanol–water partition coefficient (Wildman–Crippen LogP) is 2.40. The van der Waals surface area contributed by atoms with Crippen molar-refractivity contribution in [2.75, 3.05) is 18.4 Å². The van der Waals surface area contributed by atoms with Crippen molar-refractivity contribution in [1.29, 1.82) is 0 Å². The number of halogens is 3. The number of rotatable bonds is 5. The summed E-state index contributed by atoms with van der Waals surface area (Å²) in [6.45, 7) is 0.467. The summed E-state index contributed by atoms with van der Waals surface area (Å²) in [5.74, 6) is -0.355. The van der Waals surface area contributed by atoms with Gasteiger partial charge in [-0.1, -0.05) is 6.07 Å². The first-order valence-electron chi connectivity index (χ1n) is 5.92. The molecule has 0 saturated carbocycles. The third-order valence-corrected chi connectivity index (χ3v) is 3.25. The first-order valence-corrected chi connectivity index (χ1v) is 6.80. The lowest BCUT2D eigenvalue weighted by Gasteiger charge is -2.09. The highest BCUT2D eigenvalue weighted by Gasteiger charge is 2.32. The summed E-state index contributed by atoms with van der Waals surface area (Å²) in [4.78, 5) is 19.2. The van der Waals surface area contributed by atoms with Crippen molar-refractivity contribution in [1.82, 2.24) is 15.3 Å². The topological polar surface area (TPSA) is 66.9 Å². The molecule has 0 spiro atoms. The molecule has 21 heavy (non-hydrogen) atoms. The fourth-order valence-electron chi connectivity index (χ4n) is 1.45. The van der Waals surface area contributed by atoms with Crippen LogP contribution in [0.4, 0.5) is 19.1 Å². The SMILES string of the molecule is O=C(NCCNc1nccc(C(F)(F)F)n1)c1cccs1. The van der Waals surface area contributed by atoms with Crippen LogP contribution in [0.2, 0.25) is 0 Å². The Balaban J connectivity index is 1.80. The van der Waals surface area contributed by atoms with Crippen molar-refractivity contribution in [3.8, 4) is 0 Å². The number of nitrogens with one attached hydrogen (secondary N) is 2. The number of anilines is 1. The second-order valence-corrected chi connectivity index (χ2v) is 4.87. The van der Waals surface area contributed by atoms with Crippen molar-refractivity contribution < 1.29 is 18.0 Å². The molecule has 0 aliphatic heterocycles. The molecular weight excluding hydrogens is 305 g/mol. The highest BCUT2D eigenvalue weighted by Crippen LogP contribution is 2.27. The number of amides is 1. The molecule has 5 nitrogen and oxygen atoms in total. The molecular formula is C12H11F3N4OS. The molecule has 2 heterocycles. The van der Waals surface area contributed by atoms with Gasteiger partial charge in [-0.05, 0) is 17.5 Å². The summed E-state index contributed by atoms with van der Waals surface area (Å²) in [7, 11) is 0. The van der Waals surface area contributed by atoms with Crippen LogP contribution in [0.5, 0.6) is 0 Å². The molecule has 0 radical (unpaired) electrons. The van der Waals surface area contributed by atoms with E-state index in [-0.39, 0.29) is 24.9 Å². The average Bonchev–Trinajstić information content (AvgIpc) is 2.97. The molecule has 0 fully saturated rings. The second-order valence-electron chi connectivity index (χ2n) is 3.92. The van der Waals surface area contributed by atoms with E-state index in [0.29, 0.717) is 4.88 Å². The van der Waals surface area contributed by atoms with Gasteiger partial charge < -0.3 is 10.6 Å². The fraction of sp³-hybridized carbons (Fsp3) is 0.250.